The van der Waals surface area contributed by atoms with Gasteiger partial charge in [0.2, 0.25) is 0 Å². The number of nitrogens with one attached hydrogen (secondary N) is 1. The van der Waals surface area contributed by atoms with Crippen LogP contribution in [-0.2, 0) is 6.54 Å². The number of hydrogen-bond acceptors (Lipinski definition) is 3. The standard InChI is InChI=1S/C23H27N3O/c24-19-9-11-21-18(14-19)15-22(25-21)23(27)12-10-20-8-4-5-13-26(20)16-17-6-2-1-3-7-17/h1-3,6-7,9,11,14-15,20,25H,4-5,8,10,12-13,16,24H2. The number of nitrogens with zero attached hydrogens (tertiary/aromatic N) is 1. The summed E-state index contributed by atoms with van der Waals surface area (Å²) in [6.07, 6.45) is 5.20. The Bertz CT molecular complexity index is 916. The lowest BCUT2D eigenvalue weighted by Gasteiger charge is -2.35. The molecular weight excluding hydrogens is 334 g/mol. The van der Waals surface area contributed by atoms with Crippen LogP contribution in [0.5, 0.6) is 0 Å². The molecule has 0 radical (unpaired) electrons. The molecule has 0 saturated carbocycles. The summed E-state index contributed by atoms with van der Waals surface area (Å²) in [5.41, 5.74) is 9.58. The van der Waals surface area contributed by atoms with E-state index < -0.39 is 0 Å². The third kappa shape index (κ3) is 4.22. The Kier molecular flexibility index (Phi) is 5.26. The highest BCUT2D eigenvalue weighted by atomic mass is 16.1. The van der Waals surface area contributed by atoms with Gasteiger partial charge in [0, 0.05) is 35.6 Å². The molecule has 4 rings (SSSR count). The minimum absolute atomic E-state index is 0.190. The first-order valence-corrected chi connectivity index (χ1v) is 9.88. The molecule has 1 fully saturated rings. The van der Waals surface area contributed by atoms with E-state index in [4.69, 9.17) is 5.73 Å². The molecule has 4 heteroatoms. The predicted octanol–water partition coefficient (Wildman–Crippen LogP) is 4.77. The van der Waals surface area contributed by atoms with Crippen LogP contribution in [0.25, 0.3) is 10.9 Å². The van der Waals surface area contributed by atoms with E-state index in [1.165, 1.54) is 24.8 Å². The molecule has 1 unspecified atom stereocenters. The number of likely N-dealkylation sites (tertiary alicyclic amines) is 1. The van der Waals surface area contributed by atoms with E-state index in [1.807, 2.05) is 24.3 Å². The molecule has 3 aromatic rings. The highest BCUT2D eigenvalue weighted by Gasteiger charge is 2.23. The Morgan fingerprint density at radius 3 is 2.81 bits per heavy atom. The molecule has 27 heavy (non-hydrogen) atoms. The molecule has 4 nitrogen and oxygen atoms in total. The summed E-state index contributed by atoms with van der Waals surface area (Å²) in [6, 6.07) is 18.7. The summed E-state index contributed by atoms with van der Waals surface area (Å²) < 4.78 is 0. The maximum Gasteiger partial charge on any atom is 0.179 e. The minimum atomic E-state index is 0.190. The summed E-state index contributed by atoms with van der Waals surface area (Å²) >= 11 is 0. The molecular formula is C23H27N3O. The summed E-state index contributed by atoms with van der Waals surface area (Å²) in [5, 5.41) is 1.00. The zero-order chi connectivity index (χ0) is 18.6. The number of fused-ring (bicyclic) bond motifs is 1. The van der Waals surface area contributed by atoms with Crippen molar-refractivity contribution >= 4 is 22.4 Å². The van der Waals surface area contributed by atoms with Crippen LogP contribution >= 0.6 is 0 Å². The highest BCUT2D eigenvalue weighted by molar-refractivity contribution is 5.99. The summed E-state index contributed by atoms with van der Waals surface area (Å²) in [4.78, 5) is 18.5. The fourth-order valence-corrected chi connectivity index (χ4v) is 4.15. The van der Waals surface area contributed by atoms with Crippen LogP contribution in [0.15, 0.2) is 54.6 Å². The van der Waals surface area contributed by atoms with Gasteiger partial charge in [-0.1, -0.05) is 36.8 Å². The number of carbonyl (C=O) groups excluding carboxylic acids is 1. The van der Waals surface area contributed by atoms with Gasteiger partial charge in [0.15, 0.2) is 5.78 Å². The maximum atomic E-state index is 12.7. The Morgan fingerprint density at radius 1 is 1.11 bits per heavy atom. The van der Waals surface area contributed by atoms with Gasteiger partial charge in [0.1, 0.15) is 0 Å². The number of aromatic nitrogens is 1. The van der Waals surface area contributed by atoms with E-state index in [2.05, 4.69) is 40.2 Å². The number of nitrogens with two attached hydrogens (primary N) is 1. The number of nitrogen functional groups attached to an aromatic ring is 1. The number of Topliss-reactive ketones (excluding diaryl/α,β-unsaturated/α-hetero) is 1. The van der Waals surface area contributed by atoms with E-state index in [0.717, 1.165) is 36.1 Å². The molecule has 1 aliphatic rings. The van der Waals surface area contributed by atoms with E-state index in [9.17, 15) is 4.79 Å². The zero-order valence-corrected chi connectivity index (χ0v) is 15.7. The molecule has 0 bridgehead atoms. The van der Waals surface area contributed by atoms with Crippen LogP contribution in [0, 0.1) is 0 Å². The molecule has 0 aliphatic carbocycles. The zero-order valence-electron chi connectivity index (χ0n) is 15.7. The first-order chi connectivity index (χ1) is 13.2. The Morgan fingerprint density at radius 2 is 1.96 bits per heavy atom. The summed E-state index contributed by atoms with van der Waals surface area (Å²) in [6.45, 7) is 2.10. The van der Waals surface area contributed by atoms with Crippen molar-refractivity contribution < 1.29 is 4.79 Å². The minimum Gasteiger partial charge on any atom is -0.399 e. The molecule has 1 saturated heterocycles. The first kappa shape index (κ1) is 17.8. The second kappa shape index (κ2) is 7.97. The number of benzene rings is 2. The van der Waals surface area contributed by atoms with Gasteiger partial charge in [0.05, 0.1) is 5.69 Å². The third-order valence-corrected chi connectivity index (χ3v) is 5.63. The van der Waals surface area contributed by atoms with Crippen LogP contribution < -0.4 is 5.73 Å². The number of rotatable bonds is 6. The summed E-state index contributed by atoms with van der Waals surface area (Å²) in [7, 11) is 0. The van der Waals surface area contributed by atoms with Gasteiger partial charge in [-0.2, -0.15) is 0 Å². The van der Waals surface area contributed by atoms with Gasteiger partial charge < -0.3 is 10.7 Å². The Labute approximate surface area is 160 Å². The molecule has 2 heterocycles. The van der Waals surface area contributed by atoms with Gasteiger partial charge in [0.25, 0.3) is 0 Å². The lowest BCUT2D eigenvalue weighted by Crippen LogP contribution is -2.39. The second-order valence-corrected chi connectivity index (χ2v) is 7.60. The van der Waals surface area contributed by atoms with Crippen LogP contribution in [0.4, 0.5) is 5.69 Å². The number of H-pyrrole nitrogens is 1. The lowest BCUT2D eigenvalue weighted by atomic mass is 9.95. The number of ketones is 1. The maximum absolute atomic E-state index is 12.7. The number of anilines is 1. The highest BCUT2D eigenvalue weighted by Crippen LogP contribution is 2.25. The Balaban J connectivity index is 1.40. The fraction of sp³-hybridized carbons (Fsp3) is 0.348. The number of piperidine rings is 1. The molecule has 2 aromatic carbocycles. The van der Waals surface area contributed by atoms with Crippen molar-refractivity contribution in [2.45, 2.75) is 44.7 Å². The molecule has 1 atom stereocenters. The topological polar surface area (TPSA) is 62.1 Å². The average molecular weight is 361 g/mol. The normalized spacial score (nSPS) is 18.0. The third-order valence-electron chi connectivity index (χ3n) is 5.63. The van der Waals surface area contributed by atoms with Gasteiger partial charge in [-0.3, -0.25) is 9.69 Å². The van der Waals surface area contributed by atoms with Crippen molar-refractivity contribution in [2.24, 2.45) is 0 Å². The largest absolute Gasteiger partial charge is 0.399 e. The van der Waals surface area contributed by atoms with Crippen LogP contribution in [0.3, 0.4) is 0 Å². The van der Waals surface area contributed by atoms with Crippen LogP contribution in [0.1, 0.15) is 48.2 Å². The van der Waals surface area contributed by atoms with Crippen molar-refractivity contribution in [1.29, 1.82) is 0 Å². The predicted molar refractivity (Wildman–Crippen MR) is 111 cm³/mol. The fourth-order valence-electron chi connectivity index (χ4n) is 4.15. The van der Waals surface area contributed by atoms with E-state index in [1.54, 1.807) is 0 Å². The van der Waals surface area contributed by atoms with Crippen molar-refractivity contribution in [3.05, 3.63) is 65.9 Å². The van der Waals surface area contributed by atoms with Gasteiger partial charge in [-0.15, -0.1) is 0 Å². The van der Waals surface area contributed by atoms with Crippen molar-refractivity contribution in [1.82, 2.24) is 9.88 Å². The van der Waals surface area contributed by atoms with Crippen LogP contribution in [0.2, 0.25) is 0 Å². The second-order valence-electron chi connectivity index (χ2n) is 7.60. The van der Waals surface area contributed by atoms with Gasteiger partial charge in [-0.25, -0.2) is 0 Å². The lowest BCUT2D eigenvalue weighted by molar-refractivity contribution is 0.0925. The molecule has 140 valence electrons. The monoisotopic (exact) mass is 361 g/mol. The van der Waals surface area contributed by atoms with Crippen molar-refractivity contribution in [3.8, 4) is 0 Å². The molecule has 1 aliphatic heterocycles. The molecule has 0 spiro atoms. The Hall–Kier alpha value is -2.59. The van der Waals surface area contributed by atoms with E-state index >= 15 is 0 Å². The number of carbonyl (C=O) groups is 1. The van der Waals surface area contributed by atoms with Gasteiger partial charge in [-0.05, 0) is 55.6 Å². The number of aromatic amines is 1. The molecule has 3 N–H and O–H groups in total. The molecule has 0 amide bonds. The van der Waals surface area contributed by atoms with E-state index in [-0.39, 0.29) is 5.78 Å². The summed E-state index contributed by atoms with van der Waals surface area (Å²) in [5.74, 6) is 0.190. The van der Waals surface area contributed by atoms with Crippen LogP contribution in [-0.4, -0.2) is 28.3 Å². The van der Waals surface area contributed by atoms with Crippen molar-refractivity contribution in [2.75, 3.05) is 12.3 Å². The van der Waals surface area contributed by atoms with Crippen molar-refractivity contribution in [3.63, 3.8) is 0 Å². The molecule has 1 aromatic heterocycles. The SMILES string of the molecule is Nc1ccc2[nH]c(C(=O)CCC3CCCCN3Cc3ccccc3)cc2c1. The van der Waals surface area contributed by atoms with Gasteiger partial charge >= 0.3 is 0 Å². The van der Waals surface area contributed by atoms with E-state index in [0.29, 0.717) is 18.2 Å². The number of hydrogen-bond donors (Lipinski definition) is 2. The average Bonchev–Trinajstić information content (AvgIpc) is 3.11. The smallest absolute Gasteiger partial charge is 0.179 e. The first-order valence-electron chi connectivity index (χ1n) is 9.88. The quantitative estimate of drug-likeness (QED) is 0.491.